The maximum absolute atomic E-state index is 10.6. The minimum atomic E-state index is -0.107. The summed E-state index contributed by atoms with van der Waals surface area (Å²) in [7, 11) is 0. The van der Waals surface area contributed by atoms with Crippen LogP contribution in [0.4, 0.5) is 0 Å². The van der Waals surface area contributed by atoms with Gasteiger partial charge in [-0.25, -0.2) is 0 Å². The van der Waals surface area contributed by atoms with E-state index in [1.54, 1.807) is 0 Å². The lowest BCUT2D eigenvalue weighted by molar-refractivity contribution is -0.115. The minimum absolute atomic E-state index is 0.0602. The van der Waals surface area contributed by atoms with Gasteiger partial charge in [0.2, 0.25) is 5.12 Å². The Morgan fingerprint density at radius 1 is 1.56 bits per heavy atom. The first-order valence-corrected chi connectivity index (χ1v) is 3.71. The van der Waals surface area contributed by atoms with Crippen molar-refractivity contribution < 1.29 is 4.79 Å². The van der Waals surface area contributed by atoms with Gasteiger partial charge in [0.1, 0.15) is 0 Å². The second kappa shape index (κ2) is 3.83. The van der Waals surface area contributed by atoms with E-state index in [4.69, 9.17) is 0 Å². The number of carbonyl (C=O) groups is 1. The van der Waals surface area contributed by atoms with Crippen LogP contribution < -0.4 is 0 Å². The van der Waals surface area contributed by atoms with Gasteiger partial charge in [-0.1, -0.05) is 27.2 Å². The highest BCUT2D eigenvalue weighted by molar-refractivity contribution is 7.96. The lowest BCUT2D eigenvalue weighted by Crippen LogP contribution is -2.13. The number of carbonyl (C=O) groups excluding carboxylic acids is 1. The Bertz CT molecular complexity index is 101. The molecule has 1 nitrogen and oxygen atoms in total. The quantitative estimate of drug-likeness (QED) is 0.596. The van der Waals surface area contributed by atoms with Crippen LogP contribution in [0.5, 0.6) is 0 Å². The molecule has 2 unspecified atom stereocenters. The van der Waals surface area contributed by atoms with E-state index in [1.165, 1.54) is 0 Å². The van der Waals surface area contributed by atoms with Crippen LogP contribution in [0, 0.1) is 11.8 Å². The molecule has 0 saturated heterocycles. The van der Waals surface area contributed by atoms with Gasteiger partial charge in [-0.3, -0.25) is 4.79 Å². The van der Waals surface area contributed by atoms with E-state index in [-0.39, 0.29) is 11.0 Å². The van der Waals surface area contributed by atoms with Gasteiger partial charge in [0, 0.05) is 5.92 Å². The SMILES string of the molecule is CCC(C)C(C)C(=O)[S]. The molecule has 0 aliphatic rings. The third-order valence-electron chi connectivity index (χ3n) is 1.87. The smallest absolute Gasteiger partial charge is 0.221 e. The molecule has 53 valence electrons. The van der Waals surface area contributed by atoms with Crippen LogP contribution >= 0.6 is 12.6 Å². The summed E-state index contributed by atoms with van der Waals surface area (Å²) in [4.78, 5) is 10.6. The zero-order valence-corrected chi connectivity index (χ0v) is 6.99. The Hall–Kier alpha value is -0.110. The first-order chi connectivity index (χ1) is 4.09. The van der Waals surface area contributed by atoms with E-state index in [1.807, 2.05) is 6.92 Å². The van der Waals surface area contributed by atoms with Crippen molar-refractivity contribution >= 4 is 17.7 Å². The molecule has 0 saturated carbocycles. The lowest BCUT2D eigenvalue weighted by Gasteiger charge is -2.12. The molecule has 2 heteroatoms. The van der Waals surface area contributed by atoms with Crippen LogP contribution in [-0.2, 0) is 4.79 Å². The first-order valence-electron chi connectivity index (χ1n) is 3.30. The highest BCUT2D eigenvalue weighted by Gasteiger charge is 2.15. The molecule has 0 aromatic carbocycles. The van der Waals surface area contributed by atoms with Crippen molar-refractivity contribution in [2.75, 3.05) is 0 Å². The molecule has 0 spiro atoms. The fourth-order valence-electron chi connectivity index (χ4n) is 0.586. The van der Waals surface area contributed by atoms with Gasteiger partial charge in [-0.05, 0) is 18.5 Å². The molecule has 0 amide bonds. The van der Waals surface area contributed by atoms with Crippen LogP contribution in [0.15, 0.2) is 0 Å². The molecule has 9 heavy (non-hydrogen) atoms. The average molecular weight is 145 g/mol. The van der Waals surface area contributed by atoms with Gasteiger partial charge in [0.05, 0.1) is 0 Å². The predicted molar refractivity (Wildman–Crippen MR) is 41.2 cm³/mol. The fourth-order valence-corrected chi connectivity index (χ4v) is 0.818. The van der Waals surface area contributed by atoms with Gasteiger partial charge in [-0.15, -0.1) is 0 Å². The molecule has 1 radical (unpaired) electrons. The summed E-state index contributed by atoms with van der Waals surface area (Å²) in [6.45, 7) is 6.01. The monoisotopic (exact) mass is 145 g/mol. The second-order valence-corrected chi connectivity index (χ2v) is 2.90. The first kappa shape index (κ1) is 8.89. The molecule has 0 aliphatic heterocycles. The van der Waals surface area contributed by atoms with Crippen molar-refractivity contribution in [3.05, 3.63) is 0 Å². The summed E-state index contributed by atoms with van der Waals surface area (Å²) in [6.07, 6.45) is 1.03. The van der Waals surface area contributed by atoms with Crippen molar-refractivity contribution in [3.8, 4) is 0 Å². The highest BCUT2D eigenvalue weighted by atomic mass is 32.1. The zero-order valence-electron chi connectivity index (χ0n) is 6.18. The molecule has 0 bridgehead atoms. The Labute approximate surface area is 62.2 Å². The summed E-state index contributed by atoms with van der Waals surface area (Å²) < 4.78 is 0. The van der Waals surface area contributed by atoms with Crippen molar-refractivity contribution in [2.45, 2.75) is 27.2 Å². The molecule has 0 heterocycles. The summed E-state index contributed by atoms with van der Waals surface area (Å²) in [6, 6.07) is 0. The van der Waals surface area contributed by atoms with Crippen LogP contribution in [0.3, 0.4) is 0 Å². The van der Waals surface area contributed by atoms with Gasteiger partial charge < -0.3 is 0 Å². The fraction of sp³-hybridized carbons (Fsp3) is 0.857. The summed E-state index contributed by atoms with van der Waals surface area (Å²) in [5.41, 5.74) is 0. The average Bonchev–Trinajstić information content (AvgIpc) is 1.84. The van der Waals surface area contributed by atoms with Crippen molar-refractivity contribution in [1.29, 1.82) is 0 Å². The summed E-state index contributed by atoms with van der Waals surface area (Å²) in [5, 5.41) is -0.107. The summed E-state index contributed by atoms with van der Waals surface area (Å²) in [5.74, 6) is 0.500. The Kier molecular flexibility index (Phi) is 3.78. The maximum atomic E-state index is 10.6. The topological polar surface area (TPSA) is 17.1 Å². The molecule has 0 fully saturated rings. The molecule has 0 aliphatic carbocycles. The Morgan fingerprint density at radius 2 is 2.00 bits per heavy atom. The van der Waals surface area contributed by atoms with E-state index < -0.39 is 0 Å². The van der Waals surface area contributed by atoms with Gasteiger partial charge >= 0.3 is 0 Å². The zero-order chi connectivity index (χ0) is 7.44. The van der Waals surface area contributed by atoms with Gasteiger partial charge in [0.15, 0.2) is 0 Å². The second-order valence-electron chi connectivity index (χ2n) is 2.49. The third kappa shape index (κ3) is 2.80. The normalized spacial score (nSPS) is 16.8. The molecule has 0 N–H and O–H groups in total. The Balaban J connectivity index is 3.72. The predicted octanol–water partition coefficient (Wildman–Crippen LogP) is 2.39. The molecule has 0 rings (SSSR count). The molecule has 0 aromatic heterocycles. The van der Waals surface area contributed by atoms with Crippen molar-refractivity contribution in [2.24, 2.45) is 11.8 Å². The van der Waals surface area contributed by atoms with Crippen LogP contribution in [0.2, 0.25) is 0 Å². The standard InChI is InChI=1S/C7H13OS/c1-4-5(2)6(3)7(8)9/h5-6H,4H2,1-3H3. The number of hydrogen-bond acceptors (Lipinski definition) is 1. The van der Waals surface area contributed by atoms with Gasteiger partial charge in [-0.2, -0.15) is 0 Å². The molecular formula is C7H13OS. The highest BCUT2D eigenvalue weighted by Crippen LogP contribution is 2.16. The number of rotatable bonds is 3. The molecule has 0 aromatic rings. The Morgan fingerprint density at radius 3 is 2.11 bits per heavy atom. The van der Waals surface area contributed by atoms with E-state index >= 15 is 0 Å². The summed E-state index contributed by atoms with van der Waals surface area (Å²) >= 11 is 4.51. The van der Waals surface area contributed by atoms with E-state index in [0.29, 0.717) is 5.92 Å². The van der Waals surface area contributed by atoms with Crippen LogP contribution in [0.25, 0.3) is 0 Å². The van der Waals surface area contributed by atoms with Crippen molar-refractivity contribution in [1.82, 2.24) is 0 Å². The van der Waals surface area contributed by atoms with E-state index in [0.717, 1.165) is 6.42 Å². The van der Waals surface area contributed by atoms with E-state index in [9.17, 15) is 4.79 Å². The lowest BCUT2D eigenvalue weighted by atomic mass is 9.95. The molecule has 2 atom stereocenters. The van der Waals surface area contributed by atoms with Gasteiger partial charge in [0.25, 0.3) is 0 Å². The third-order valence-corrected chi connectivity index (χ3v) is 2.24. The van der Waals surface area contributed by atoms with E-state index in [2.05, 4.69) is 26.5 Å². The number of hydrogen-bond donors (Lipinski definition) is 0. The van der Waals surface area contributed by atoms with Crippen LogP contribution in [-0.4, -0.2) is 5.12 Å². The van der Waals surface area contributed by atoms with Crippen molar-refractivity contribution in [3.63, 3.8) is 0 Å². The minimum Gasteiger partial charge on any atom is -0.282 e. The maximum Gasteiger partial charge on any atom is 0.221 e. The largest absolute Gasteiger partial charge is 0.282 e. The van der Waals surface area contributed by atoms with Crippen LogP contribution in [0.1, 0.15) is 27.2 Å². The molecular weight excluding hydrogens is 132 g/mol.